The Balaban J connectivity index is 1.78. The van der Waals surface area contributed by atoms with Crippen LogP contribution < -0.4 is 10.1 Å². The number of rotatable bonds is 2. The first-order chi connectivity index (χ1) is 7.96. The van der Waals surface area contributed by atoms with Crippen LogP contribution in [0, 0.1) is 0 Å². The van der Waals surface area contributed by atoms with Gasteiger partial charge in [0.2, 0.25) is 0 Å². The maximum Gasteiger partial charge on any atom is 0.158 e. The highest BCUT2D eigenvalue weighted by atomic mass is 32.2. The molecule has 3 rings (SSSR count). The maximum absolute atomic E-state index is 11.2. The molecule has 0 aliphatic carbocycles. The van der Waals surface area contributed by atoms with Crippen molar-refractivity contribution in [2.24, 2.45) is 0 Å². The van der Waals surface area contributed by atoms with Gasteiger partial charge in [0.15, 0.2) is 9.84 Å². The van der Waals surface area contributed by atoms with E-state index in [1.807, 2.05) is 25.1 Å². The van der Waals surface area contributed by atoms with Gasteiger partial charge < -0.3 is 10.1 Å². The maximum atomic E-state index is 11.2. The van der Waals surface area contributed by atoms with Gasteiger partial charge in [0.1, 0.15) is 11.4 Å². The number of benzene rings is 1. The van der Waals surface area contributed by atoms with Crippen molar-refractivity contribution < 1.29 is 13.2 Å². The van der Waals surface area contributed by atoms with Crippen LogP contribution >= 0.6 is 0 Å². The first-order valence-electron chi connectivity index (χ1n) is 5.72. The lowest BCUT2D eigenvalue weighted by molar-refractivity contribution is 0.120. The quantitative estimate of drug-likeness (QED) is 0.861. The molecule has 2 aliphatic heterocycles. The van der Waals surface area contributed by atoms with Crippen molar-refractivity contribution in [3.63, 3.8) is 0 Å². The fourth-order valence-electron chi connectivity index (χ4n) is 2.58. The predicted octanol–water partition coefficient (Wildman–Crippen LogP) is 1.22. The second kappa shape index (κ2) is 3.38. The average molecular weight is 253 g/mol. The lowest BCUT2D eigenvalue weighted by Crippen LogP contribution is -2.56. The lowest BCUT2D eigenvalue weighted by atomic mass is 10.1. The summed E-state index contributed by atoms with van der Waals surface area (Å²) in [6, 6.07) is 5.90. The molecule has 2 heterocycles. The Morgan fingerprint density at radius 2 is 2.12 bits per heavy atom. The number of fused-ring (bicyclic) bond motifs is 1. The van der Waals surface area contributed by atoms with Gasteiger partial charge >= 0.3 is 0 Å². The van der Waals surface area contributed by atoms with Crippen molar-refractivity contribution in [1.82, 2.24) is 0 Å². The zero-order chi connectivity index (χ0) is 12.1. The molecule has 4 nitrogen and oxygen atoms in total. The topological polar surface area (TPSA) is 55.4 Å². The van der Waals surface area contributed by atoms with E-state index in [1.54, 1.807) is 0 Å². The van der Waals surface area contributed by atoms with Crippen LogP contribution in [0.4, 0.5) is 5.69 Å². The summed E-state index contributed by atoms with van der Waals surface area (Å²) in [5, 5.41) is 3.28. The van der Waals surface area contributed by atoms with Crippen LogP contribution in [0.3, 0.4) is 0 Å². The molecule has 2 aliphatic rings. The lowest BCUT2D eigenvalue weighted by Gasteiger charge is -2.37. The van der Waals surface area contributed by atoms with Gasteiger partial charge in [0.25, 0.3) is 0 Å². The number of sulfone groups is 1. The Hall–Kier alpha value is -1.23. The summed E-state index contributed by atoms with van der Waals surface area (Å²) in [6.45, 7) is 2.81. The van der Waals surface area contributed by atoms with Crippen LogP contribution in [0.5, 0.6) is 5.75 Å². The highest BCUT2D eigenvalue weighted by molar-refractivity contribution is 7.93. The first-order valence-corrected chi connectivity index (χ1v) is 7.54. The van der Waals surface area contributed by atoms with Gasteiger partial charge in [-0.2, -0.15) is 0 Å². The predicted molar refractivity (Wildman–Crippen MR) is 66.3 cm³/mol. The van der Waals surface area contributed by atoms with E-state index >= 15 is 0 Å². The van der Waals surface area contributed by atoms with Crippen LogP contribution in [-0.2, 0) is 16.3 Å². The Morgan fingerprint density at radius 1 is 1.35 bits per heavy atom. The summed E-state index contributed by atoms with van der Waals surface area (Å²) >= 11 is 0. The Labute approximate surface area is 101 Å². The van der Waals surface area contributed by atoms with E-state index in [0.29, 0.717) is 0 Å². The zero-order valence-corrected chi connectivity index (χ0v) is 10.5. The highest BCUT2D eigenvalue weighted by Crippen LogP contribution is 2.32. The molecule has 0 saturated carbocycles. The molecular formula is C12H15NO3S. The molecule has 5 heteroatoms. The van der Waals surface area contributed by atoms with Crippen molar-refractivity contribution in [1.29, 1.82) is 0 Å². The molecule has 0 aromatic heterocycles. The van der Waals surface area contributed by atoms with Gasteiger partial charge in [-0.15, -0.1) is 0 Å². The largest absolute Gasteiger partial charge is 0.485 e. The van der Waals surface area contributed by atoms with E-state index in [0.717, 1.165) is 24.4 Å². The fourth-order valence-corrected chi connectivity index (χ4v) is 4.47. The van der Waals surface area contributed by atoms with Crippen LogP contribution in [-0.4, -0.2) is 32.1 Å². The molecule has 1 fully saturated rings. The molecule has 1 saturated heterocycles. The standard InChI is InChI=1S/C12H15NO3S/c1-12(7-17(14,15)8-12)16-10-2-3-11-9(6-10)4-5-13-11/h2-3,6,13H,4-5,7-8H2,1H3. The highest BCUT2D eigenvalue weighted by Gasteiger charge is 2.47. The van der Waals surface area contributed by atoms with Crippen molar-refractivity contribution in [3.05, 3.63) is 23.8 Å². The van der Waals surface area contributed by atoms with Gasteiger partial charge in [-0.05, 0) is 37.1 Å². The number of ether oxygens (including phenoxy) is 1. The van der Waals surface area contributed by atoms with Gasteiger partial charge in [-0.1, -0.05) is 0 Å². The molecule has 0 radical (unpaired) electrons. The molecule has 0 unspecified atom stereocenters. The minimum absolute atomic E-state index is 0.120. The summed E-state index contributed by atoms with van der Waals surface area (Å²) in [6.07, 6.45) is 1.00. The van der Waals surface area contributed by atoms with Gasteiger partial charge in [0, 0.05) is 12.2 Å². The summed E-state index contributed by atoms with van der Waals surface area (Å²) in [7, 11) is -2.86. The number of anilines is 1. The van der Waals surface area contributed by atoms with Gasteiger partial charge in [0.05, 0.1) is 11.5 Å². The second-order valence-corrected chi connectivity index (χ2v) is 7.14. The van der Waals surface area contributed by atoms with Crippen molar-refractivity contribution in [2.75, 3.05) is 23.4 Å². The SMILES string of the molecule is CC1(Oc2ccc3c(c2)CCN3)CS(=O)(=O)C1. The van der Waals surface area contributed by atoms with Crippen molar-refractivity contribution in [2.45, 2.75) is 18.9 Å². The van der Waals surface area contributed by atoms with E-state index in [1.165, 1.54) is 5.56 Å². The third kappa shape index (κ3) is 1.99. The summed E-state index contributed by atoms with van der Waals surface area (Å²) in [5.74, 6) is 1.01. The molecule has 1 N–H and O–H groups in total. The summed E-state index contributed by atoms with van der Waals surface area (Å²) in [4.78, 5) is 0. The van der Waals surface area contributed by atoms with Crippen molar-refractivity contribution >= 4 is 15.5 Å². The summed E-state index contributed by atoms with van der Waals surface area (Å²) < 4.78 is 28.2. The molecule has 0 bridgehead atoms. The van der Waals surface area contributed by atoms with Crippen LogP contribution in [0.2, 0.25) is 0 Å². The molecule has 0 spiro atoms. The normalized spacial score (nSPS) is 23.4. The van der Waals surface area contributed by atoms with Crippen LogP contribution in [0.25, 0.3) is 0 Å². The molecule has 0 amide bonds. The number of hydrogen-bond donors (Lipinski definition) is 1. The minimum Gasteiger partial charge on any atom is -0.485 e. The molecular weight excluding hydrogens is 238 g/mol. The van der Waals surface area contributed by atoms with E-state index in [4.69, 9.17) is 4.74 Å². The Kier molecular flexibility index (Phi) is 2.17. The molecule has 0 atom stereocenters. The van der Waals surface area contributed by atoms with Crippen LogP contribution in [0.15, 0.2) is 18.2 Å². The zero-order valence-electron chi connectivity index (χ0n) is 9.69. The van der Waals surface area contributed by atoms with E-state index in [-0.39, 0.29) is 11.5 Å². The second-order valence-electron chi connectivity index (χ2n) is 5.08. The summed E-state index contributed by atoms with van der Waals surface area (Å²) in [5.41, 5.74) is 1.86. The van der Waals surface area contributed by atoms with E-state index in [9.17, 15) is 8.42 Å². The molecule has 1 aromatic rings. The van der Waals surface area contributed by atoms with Crippen LogP contribution in [0.1, 0.15) is 12.5 Å². The van der Waals surface area contributed by atoms with Gasteiger partial charge in [-0.3, -0.25) is 0 Å². The third-order valence-electron chi connectivity index (χ3n) is 3.20. The number of nitrogens with one attached hydrogen (secondary N) is 1. The first kappa shape index (κ1) is 10.9. The number of hydrogen-bond acceptors (Lipinski definition) is 4. The van der Waals surface area contributed by atoms with Gasteiger partial charge in [-0.25, -0.2) is 8.42 Å². The van der Waals surface area contributed by atoms with Crippen molar-refractivity contribution in [3.8, 4) is 5.75 Å². The Bertz CT molecular complexity index is 553. The van der Waals surface area contributed by atoms with E-state index in [2.05, 4.69) is 5.32 Å². The molecule has 17 heavy (non-hydrogen) atoms. The monoisotopic (exact) mass is 253 g/mol. The Morgan fingerprint density at radius 3 is 2.82 bits per heavy atom. The average Bonchev–Trinajstić information content (AvgIpc) is 2.60. The molecule has 92 valence electrons. The molecule has 1 aromatic carbocycles. The van der Waals surface area contributed by atoms with E-state index < -0.39 is 15.4 Å². The fraction of sp³-hybridized carbons (Fsp3) is 0.500. The minimum atomic E-state index is -2.86. The third-order valence-corrected chi connectivity index (χ3v) is 5.30. The smallest absolute Gasteiger partial charge is 0.158 e.